The SMILES string of the molecule is CCCCc1ccc(NC(=O)CCCOc2cc(C)c(Cl)c(C)c2)c(Br)c1. The lowest BCUT2D eigenvalue weighted by Gasteiger charge is -2.11. The molecule has 0 aliphatic rings. The molecule has 0 saturated heterocycles. The van der Waals surface area contributed by atoms with Gasteiger partial charge in [-0.1, -0.05) is 31.0 Å². The van der Waals surface area contributed by atoms with Gasteiger partial charge in [0.15, 0.2) is 0 Å². The van der Waals surface area contributed by atoms with Gasteiger partial charge in [-0.15, -0.1) is 0 Å². The molecule has 5 heteroatoms. The summed E-state index contributed by atoms with van der Waals surface area (Å²) in [6.45, 7) is 6.59. The summed E-state index contributed by atoms with van der Waals surface area (Å²) in [6.07, 6.45) is 4.47. The molecule has 0 aliphatic heterocycles. The highest BCUT2D eigenvalue weighted by Gasteiger charge is 2.08. The van der Waals surface area contributed by atoms with Crippen molar-refractivity contribution in [1.82, 2.24) is 0 Å². The minimum absolute atomic E-state index is 0.0101. The van der Waals surface area contributed by atoms with Crippen molar-refractivity contribution in [2.45, 2.75) is 52.9 Å². The van der Waals surface area contributed by atoms with Gasteiger partial charge in [-0.2, -0.15) is 0 Å². The zero-order valence-corrected chi connectivity index (χ0v) is 18.5. The van der Waals surface area contributed by atoms with E-state index < -0.39 is 0 Å². The fraction of sp³-hybridized carbons (Fsp3) is 0.409. The lowest BCUT2D eigenvalue weighted by molar-refractivity contribution is -0.116. The van der Waals surface area contributed by atoms with Crippen LogP contribution in [0.15, 0.2) is 34.8 Å². The second kappa shape index (κ2) is 10.7. The van der Waals surface area contributed by atoms with Crippen molar-refractivity contribution in [3.8, 4) is 5.75 Å². The minimum atomic E-state index is -0.0101. The van der Waals surface area contributed by atoms with Crippen LogP contribution in [0, 0.1) is 13.8 Å². The quantitative estimate of drug-likeness (QED) is 0.422. The van der Waals surface area contributed by atoms with E-state index in [9.17, 15) is 4.79 Å². The van der Waals surface area contributed by atoms with E-state index in [0.717, 1.165) is 38.5 Å². The van der Waals surface area contributed by atoms with Crippen molar-refractivity contribution in [2.24, 2.45) is 0 Å². The maximum atomic E-state index is 12.2. The highest BCUT2D eigenvalue weighted by Crippen LogP contribution is 2.26. The molecule has 0 aliphatic carbocycles. The number of unbranched alkanes of at least 4 members (excludes halogenated alkanes) is 1. The van der Waals surface area contributed by atoms with Gasteiger partial charge in [-0.05, 0) is 90.0 Å². The van der Waals surface area contributed by atoms with Gasteiger partial charge >= 0.3 is 0 Å². The molecule has 0 unspecified atom stereocenters. The van der Waals surface area contributed by atoms with Crippen molar-refractivity contribution >= 4 is 39.1 Å². The van der Waals surface area contributed by atoms with Gasteiger partial charge in [0.2, 0.25) is 5.91 Å². The highest BCUT2D eigenvalue weighted by molar-refractivity contribution is 9.10. The molecule has 2 aromatic carbocycles. The molecule has 0 atom stereocenters. The van der Waals surface area contributed by atoms with Crippen molar-refractivity contribution < 1.29 is 9.53 Å². The van der Waals surface area contributed by atoms with E-state index in [-0.39, 0.29) is 5.91 Å². The molecule has 0 saturated carbocycles. The van der Waals surface area contributed by atoms with Crippen LogP contribution in [-0.4, -0.2) is 12.5 Å². The van der Waals surface area contributed by atoms with Crippen LogP contribution in [-0.2, 0) is 11.2 Å². The van der Waals surface area contributed by atoms with Crippen LogP contribution < -0.4 is 10.1 Å². The molecule has 146 valence electrons. The maximum Gasteiger partial charge on any atom is 0.224 e. The molecule has 1 N–H and O–H groups in total. The fourth-order valence-electron chi connectivity index (χ4n) is 2.82. The summed E-state index contributed by atoms with van der Waals surface area (Å²) in [5.74, 6) is 0.782. The second-order valence-corrected chi connectivity index (χ2v) is 8.02. The first-order valence-corrected chi connectivity index (χ1v) is 10.6. The highest BCUT2D eigenvalue weighted by atomic mass is 79.9. The minimum Gasteiger partial charge on any atom is -0.494 e. The maximum absolute atomic E-state index is 12.2. The first kappa shape index (κ1) is 21.8. The van der Waals surface area contributed by atoms with Gasteiger partial charge in [-0.25, -0.2) is 0 Å². The van der Waals surface area contributed by atoms with Crippen molar-refractivity contribution in [2.75, 3.05) is 11.9 Å². The molecule has 0 heterocycles. The Kier molecular flexibility index (Phi) is 8.65. The van der Waals surface area contributed by atoms with Crippen LogP contribution in [0.25, 0.3) is 0 Å². The smallest absolute Gasteiger partial charge is 0.224 e. The van der Waals surface area contributed by atoms with Crippen LogP contribution in [0.2, 0.25) is 5.02 Å². The van der Waals surface area contributed by atoms with E-state index >= 15 is 0 Å². The number of amides is 1. The summed E-state index contributed by atoms with van der Waals surface area (Å²) in [5.41, 5.74) is 4.09. The molecule has 1 amide bonds. The molecule has 2 aromatic rings. The number of nitrogens with one attached hydrogen (secondary N) is 1. The normalized spacial score (nSPS) is 10.7. The number of ether oxygens (including phenoxy) is 1. The number of carbonyl (C=O) groups excluding carboxylic acids is 1. The Morgan fingerprint density at radius 2 is 1.85 bits per heavy atom. The third-order valence-electron chi connectivity index (χ3n) is 4.35. The van der Waals surface area contributed by atoms with E-state index in [2.05, 4.69) is 40.3 Å². The van der Waals surface area contributed by atoms with Crippen molar-refractivity contribution in [3.05, 3.63) is 56.5 Å². The third kappa shape index (κ3) is 6.86. The van der Waals surface area contributed by atoms with Gasteiger partial charge in [0.25, 0.3) is 0 Å². The number of anilines is 1. The summed E-state index contributed by atoms with van der Waals surface area (Å²) in [6, 6.07) is 9.96. The van der Waals surface area contributed by atoms with Gasteiger partial charge in [0.1, 0.15) is 5.75 Å². The molecule has 0 aromatic heterocycles. The van der Waals surface area contributed by atoms with E-state index in [4.69, 9.17) is 16.3 Å². The van der Waals surface area contributed by atoms with E-state index in [1.165, 1.54) is 18.4 Å². The summed E-state index contributed by atoms with van der Waals surface area (Å²) in [7, 11) is 0. The molecular formula is C22H27BrClNO2. The Balaban J connectivity index is 1.78. The van der Waals surface area contributed by atoms with Gasteiger partial charge in [-0.3, -0.25) is 4.79 Å². The Hall–Kier alpha value is -1.52. The third-order valence-corrected chi connectivity index (χ3v) is 5.61. The van der Waals surface area contributed by atoms with Crippen LogP contribution >= 0.6 is 27.5 Å². The predicted octanol–water partition coefficient (Wildman–Crippen LogP) is 6.86. The number of hydrogen-bond acceptors (Lipinski definition) is 2. The van der Waals surface area contributed by atoms with Gasteiger partial charge in [0, 0.05) is 15.9 Å². The number of aryl methyl sites for hydroxylation is 3. The average Bonchev–Trinajstić information content (AvgIpc) is 2.63. The monoisotopic (exact) mass is 451 g/mol. The number of hydrogen-bond donors (Lipinski definition) is 1. The summed E-state index contributed by atoms with van der Waals surface area (Å²) >= 11 is 9.71. The zero-order valence-electron chi connectivity index (χ0n) is 16.2. The molecule has 2 rings (SSSR count). The fourth-order valence-corrected chi connectivity index (χ4v) is 3.46. The lowest BCUT2D eigenvalue weighted by Crippen LogP contribution is -2.13. The lowest BCUT2D eigenvalue weighted by atomic mass is 10.1. The first-order chi connectivity index (χ1) is 12.9. The van der Waals surface area contributed by atoms with E-state index in [0.29, 0.717) is 19.4 Å². The molecule has 3 nitrogen and oxygen atoms in total. The van der Waals surface area contributed by atoms with Crippen LogP contribution in [0.5, 0.6) is 5.75 Å². The van der Waals surface area contributed by atoms with E-state index in [1.54, 1.807) is 0 Å². The number of carbonyl (C=O) groups is 1. The first-order valence-electron chi connectivity index (χ1n) is 9.38. The summed E-state index contributed by atoms with van der Waals surface area (Å²) in [5, 5.41) is 3.73. The number of rotatable bonds is 9. The standard InChI is InChI=1S/C22H27BrClNO2/c1-4-5-7-17-9-10-20(19(23)14-17)25-21(26)8-6-11-27-18-12-15(2)22(24)16(3)13-18/h9-10,12-14H,4-8,11H2,1-3H3,(H,25,26). The molecule has 27 heavy (non-hydrogen) atoms. The number of halogens is 2. The molecule has 0 radical (unpaired) electrons. The molecule has 0 bridgehead atoms. The van der Waals surface area contributed by atoms with Crippen molar-refractivity contribution in [1.29, 1.82) is 0 Å². The molecular weight excluding hydrogens is 426 g/mol. The van der Waals surface area contributed by atoms with Gasteiger partial charge in [0.05, 0.1) is 12.3 Å². The van der Waals surface area contributed by atoms with Crippen molar-refractivity contribution in [3.63, 3.8) is 0 Å². The number of benzene rings is 2. The van der Waals surface area contributed by atoms with Gasteiger partial charge < -0.3 is 10.1 Å². The predicted molar refractivity (Wildman–Crippen MR) is 117 cm³/mol. The Labute approximate surface area is 175 Å². The van der Waals surface area contributed by atoms with E-state index in [1.807, 2.05) is 32.0 Å². The topological polar surface area (TPSA) is 38.3 Å². The summed E-state index contributed by atoms with van der Waals surface area (Å²) in [4.78, 5) is 12.2. The second-order valence-electron chi connectivity index (χ2n) is 6.79. The Morgan fingerprint density at radius 3 is 2.48 bits per heavy atom. The molecule has 0 fully saturated rings. The summed E-state index contributed by atoms with van der Waals surface area (Å²) < 4.78 is 6.68. The average molecular weight is 453 g/mol. The van der Waals surface area contributed by atoms with Crippen LogP contribution in [0.1, 0.15) is 49.3 Å². The Bertz CT molecular complexity index is 769. The zero-order chi connectivity index (χ0) is 19.8. The van der Waals surface area contributed by atoms with Crippen LogP contribution in [0.3, 0.4) is 0 Å². The Morgan fingerprint density at radius 1 is 1.15 bits per heavy atom. The molecule has 0 spiro atoms. The largest absolute Gasteiger partial charge is 0.494 e. The van der Waals surface area contributed by atoms with Crippen LogP contribution in [0.4, 0.5) is 5.69 Å².